The number of amides is 1. The van der Waals surface area contributed by atoms with E-state index >= 15 is 0 Å². The normalized spacial score (nSPS) is 20.8. The van der Waals surface area contributed by atoms with Gasteiger partial charge in [0.2, 0.25) is 0 Å². The van der Waals surface area contributed by atoms with Gasteiger partial charge < -0.3 is 10.0 Å². The van der Waals surface area contributed by atoms with Gasteiger partial charge in [0.05, 0.1) is 5.92 Å². The van der Waals surface area contributed by atoms with E-state index in [-0.39, 0.29) is 18.4 Å². The highest BCUT2D eigenvalue weighted by molar-refractivity contribution is 5.95. The number of carboxylic acids is 1. The van der Waals surface area contributed by atoms with Gasteiger partial charge in [-0.05, 0) is 24.5 Å². The monoisotopic (exact) mass is 328 g/mol. The predicted octanol–water partition coefficient (Wildman–Crippen LogP) is 1.66. The van der Waals surface area contributed by atoms with Crippen molar-refractivity contribution in [2.45, 2.75) is 13.3 Å². The molecular weight excluding hydrogens is 308 g/mol. The second kappa shape index (κ2) is 6.43. The number of likely N-dealkylation sites (tertiary alicyclic amines) is 1. The maximum Gasteiger partial charge on any atom is 0.308 e. The Hall–Kier alpha value is -2.70. The minimum absolute atomic E-state index is 0.131. The van der Waals surface area contributed by atoms with Gasteiger partial charge >= 0.3 is 5.97 Å². The van der Waals surface area contributed by atoms with Crippen LogP contribution in [0.15, 0.2) is 30.6 Å². The molecule has 24 heavy (non-hydrogen) atoms. The predicted molar refractivity (Wildman–Crippen MR) is 87.2 cm³/mol. The summed E-state index contributed by atoms with van der Waals surface area (Å²) in [5.41, 5.74) is 1.38. The number of aliphatic carboxylic acids is 1. The number of piperidine rings is 1. The Labute approximate surface area is 139 Å². The number of benzene rings is 1. The van der Waals surface area contributed by atoms with Gasteiger partial charge in [-0.2, -0.15) is 5.10 Å². The van der Waals surface area contributed by atoms with Gasteiger partial charge in [-0.15, -0.1) is 0 Å². The average molecular weight is 328 g/mol. The molecule has 7 heteroatoms. The van der Waals surface area contributed by atoms with Crippen molar-refractivity contribution in [1.82, 2.24) is 19.7 Å². The summed E-state index contributed by atoms with van der Waals surface area (Å²) in [6.45, 7) is 2.83. The number of carbonyl (C=O) groups excluding carboxylic acids is 1. The number of aromatic nitrogens is 3. The summed E-state index contributed by atoms with van der Waals surface area (Å²) in [4.78, 5) is 29.7. The van der Waals surface area contributed by atoms with E-state index in [2.05, 4.69) is 10.1 Å². The van der Waals surface area contributed by atoms with Gasteiger partial charge in [-0.1, -0.05) is 19.1 Å². The molecule has 1 amide bonds. The van der Waals surface area contributed by atoms with Gasteiger partial charge in [-0.25, -0.2) is 4.98 Å². The molecule has 2 aromatic rings. The van der Waals surface area contributed by atoms with Crippen LogP contribution >= 0.6 is 0 Å². The summed E-state index contributed by atoms with van der Waals surface area (Å²) in [6, 6.07) is 7.10. The van der Waals surface area contributed by atoms with Gasteiger partial charge in [0, 0.05) is 31.3 Å². The SMILES string of the molecule is CC1CC(C(=O)O)CN(C(=O)c2ccc(-c3ncn(C)n3)cc2)C1. The third kappa shape index (κ3) is 3.29. The number of nitrogens with zero attached hydrogens (tertiary/aromatic N) is 4. The van der Waals surface area contributed by atoms with Crippen molar-refractivity contribution in [2.24, 2.45) is 18.9 Å². The Morgan fingerprint density at radius 3 is 2.50 bits per heavy atom. The van der Waals surface area contributed by atoms with Crippen molar-refractivity contribution in [1.29, 1.82) is 0 Å². The zero-order chi connectivity index (χ0) is 17.3. The quantitative estimate of drug-likeness (QED) is 0.926. The molecule has 0 spiro atoms. The summed E-state index contributed by atoms with van der Waals surface area (Å²) in [7, 11) is 1.80. The minimum atomic E-state index is -0.837. The van der Waals surface area contributed by atoms with Crippen molar-refractivity contribution in [2.75, 3.05) is 13.1 Å². The Kier molecular flexibility index (Phi) is 4.33. The van der Waals surface area contributed by atoms with Crippen LogP contribution in [0.25, 0.3) is 11.4 Å². The largest absolute Gasteiger partial charge is 0.481 e. The van der Waals surface area contributed by atoms with Crippen LogP contribution in [-0.4, -0.2) is 49.7 Å². The summed E-state index contributed by atoms with van der Waals surface area (Å²) in [5, 5.41) is 13.5. The molecule has 0 saturated carbocycles. The van der Waals surface area contributed by atoms with Crippen LogP contribution in [0.3, 0.4) is 0 Å². The van der Waals surface area contributed by atoms with Crippen molar-refractivity contribution >= 4 is 11.9 Å². The molecule has 2 atom stereocenters. The maximum absolute atomic E-state index is 12.7. The van der Waals surface area contributed by atoms with Gasteiger partial charge in [0.15, 0.2) is 5.82 Å². The van der Waals surface area contributed by atoms with Crippen LogP contribution < -0.4 is 0 Å². The highest BCUT2D eigenvalue weighted by Crippen LogP contribution is 2.24. The van der Waals surface area contributed by atoms with Crippen molar-refractivity contribution in [3.8, 4) is 11.4 Å². The van der Waals surface area contributed by atoms with Crippen molar-refractivity contribution in [3.05, 3.63) is 36.2 Å². The number of hydrogen-bond acceptors (Lipinski definition) is 4. The molecule has 3 rings (SSSR count). The lowest BCUT2D eigenvalue weighted by Gasteiger charge is -2.34. The maximum atomic E-state index is 12.7. The molecule has 7 nitrogen and oxygen atoms in total. The smallest absolute Gasteiger partial charge is 0.308 e. The fraction of sp³-hybridized carbons (Fsp3) is 0.412. The topological polar surface area (TPSA) is 88.3 Å². The second-order valence-electron chi connectivity index (χ2n) is 6.41. The van der Waals surface area contributed by atoms with Gasteiger partial charge in [0.25, 0.3) is 5.91 Å². The van der Waals surface area contributed by atoms with Crippen LogP contribution in [0, 0.1) is 11.8 Å². The number of carbonyl (C=O) groups is 2. The molecule has 2 unspecified atom stereocenters. The third-order valence-corrected chi connectivity index (χ3v) is 4.29. The van der Waals surface area contributed by atoms with E-state index in [0.717, 1.165) is 5.56 Å². The van der Waals surface area contributed by atoms with Crippen LogP contribution in [0.4, 0.5) is 0 Å². The lowest BCUT2D eigenvalue weighted by atomic mass is 9.90. The number of rotatable bonds is 3. The van der Waals surface area contributed by atoms with Gasteiger partial charge in [-0.3, -0.25) is 14.3 Å². The molecular formula is C17H20N4O3. The molecule has 126 valence electrons. The minimum Gasteiger partial charge on any atom is -0.481 e. The third-order valence-electron chi connectivity index (χ3n) is 4.29. The van der Waals surface area contributed by atoms with Crippen LogP contribution in [0.5, 0.6) is 0 Å². The molecule has 1 aliphatic rings. The number of carboxylic acid groups (broad SMARTS) is 1. The van der Waals surface area contributed by atoms with E-state index < -0.39 is 11.9 Å². The summed E-state index contributed by atoms with van der Waals surface area (Å²) in [5.74, 6) is -0.672. The standard InChI is InChI=1S/C17H20N4O3/c1-11-7-14(17(23)24)9-21(8-11)16(22)13-5-3-12(4-6-13)15-18-10-20(2)19-15/h3-6,10-11,14H,7-9H2,1-2H3,(H,23,24). The highest BCUT2D eigenvalue weighted by atomic mass is 16.4. The molecule has 1 saturated heterocycles. The molecule has 0 bridgehead atoms. The first kappa shape index (κ1) is 16.2. The Balaban J connectivity index is 1.76. The number of aryl methyl sites for hydroxylation is 1. The lowest BCUT2D eigenvalue weighted by molar-refractivity contribution is -0.143. The Morgan fingerprint density at radius 2 is 1.92 bits per heavy atom. The fourth-order valence-corrected chi connectivity index (χ4v) is 3.11. The van der Waals surface area contributed by atoms with Crippen LogP contribution in [0.2, 0.25) is 0 Å². The van der Waals surface area contributed by atoms with E-state index in [0.29, 0.717) is 24.4 Å². The summed E-state index contributed by atoms with van der Waals surface area (Å²) in [6.07, 6.45) is 2.24. The highest BCUT2D eigenvalue weighted by Gasteiger charge is 2.32. The number of hydrogen-bond donors (Lipinski definition) is 1. The molecule has 0 aliphatic carbocycles. The zero-order valence-electron chi connectivity index (χ0n) is 13.7. The van der Waals surface area contributed by atoms with E-state index in [4.69, 9.17) is 0 Å². The lowest BCUT2D eigenvalue weighted by Crippen LogP contribution is -2.45. The molecule has 1 fully saturated rings. The molecule has 0 radical (unpaired) electrons. The van der Waals surface area contributed by atoms with Crippen LogP contribution in [-0.2, 0) is 11.8 Å². The second-order valence-corrected chi connectivity index (χ2v) is 6.41. The molecule has 1 N–H and O–H groups in total. The zero-order valence-corrected chi connectivity index (χ0v) is 13.7. The van der Waals surface area contributed by atoms with E-state index in [1.165, 1.54) is 0 Å². The fourth-order valence-electron chi connectivity index (χ4n) is 3.11. The molecule has 1 aromatic carbocycles. The van der Waals surface area contributed by atoms with Gasteiger partial charge in [0.1, 0.15) is 6.33 Å². The van der Waals surface area contributed by atoms with Crippen molar-refractivity contribution in [3.63, 3.8) is 0 Å². The van der Waals surface area contributed by atoms with E-state index in [9.17, 15) is 14.7 Å². The molecule has 1 aromatic heterocycles. The molecule has 1 aliphatic heterocycles. The Bertz CT molecular complexity index is 753. The molecule has 2 heterocycles. The summed E-state index contributed by atoms with van der Waals surface area (Å²) < 4.78 is 1.62. The first-order valence-corrected chi connectivity index (χ1v) is 7.92. The van der Waals surface area contributed by atoms with E-state index in [1.54, 1.807) is 35.1 Å². The van der Waals surface area contributed by atoms with Crippen LogP contribution in [0.1, 0.15) is 23.7 Å². The Morgan fingerprint density at radius 1 is 1.21 bits per heavy atom. The first-order valence-electron chi connectivity index (χ1n) is 7.92. The van der Waals surface area contributed by atoms with E-state index in [1.807, 2.05) is 19.1 Å². The average Bonchev–Trinajstić information content (AvgIpc) is 3.00. The van der Waals surface area contributed by atoms with Crippen molar-refractivity contribution < 1.29 is 14.7 Å². The summed E-state index contributed by atoms with van der Waals surface area (Å²) >= 11 is 0. The first-order chi connectivity index (χ1) is 11.4.